The maximum Gasteiger partial charge on any atom is 0.417 e. The summed E-state index contributed by atoms with van der Waals surface area (Å²) in [4.78, 5) is 0. The van der Waals surface area contributed by atoms with E-state index < -0.39 is 11.7 Å². The van der Waals surface area contributed by atoms with Crippen LogP contribution in [-0.4, -0.2) is 10.2 Å². The lowest BCUT2D eigenvalue weighted by atomic mass is 10.0. The Morgan fingerprint density at radius 3 is 2.47 bits per heavy atom. The zero-order valence-corrected chi connectivity index (χ0v) is 8.99. The van der Waals surface area contributed by atoms with E-state index in [4.69, 9.17) is 0 Å². The topological polar surface area (TPSA) is 25.8 Å². The molecule has 0 atom stereocenters. The van der Waals surface area contributed by atoms with Crippen LogP contribution in [0.15, 0.2) is 36.5 Å². The molecule has 0 radical (unpaired) electrons. The number of alkyl halides is 3. The third kappa shape index (κ3) is 2.43. The minimum Gasteiger partial charge on any atom is -0.166 e. The monoisotopic (exact) mass is 238 g/mol. The molecule has 0 N–H and O–H groups in total. The van der Waals surface area contributed by atoms with E-state index in [1.54, 1.807) is 19.1 Å². The van der Waals surface area contributed by atoms with E-state index in [2.05, 4.69) is 10.2 Å². The molecule has 2 nitrogen and oxygen atoms in total. The summed E-state index contributed by atoms with van der Waals surface area (Å²) < 4.78 is 38.4. The molecule has 2 rings (SSSR count). The van der Waals surface area contributed by atoms with Crippen molar-refractivity contribution in [1.82, 2.24) is 10.2 Å². The van der Waals surface area contributed by atoms with Gasteiger partial charge in [0.2, 0.25) is 0 Å². The van der Waals surface area contributed by atoms with Crippen LogP contribution in [0.25, 0.3) is 11.1 Å². The van der Waals surface area contributed by atoms with Crippen molar-refractivity contribution < 1.29 is 13.2 Å². The highest BCUT2D eigenvalue weighted by Gasteiger charge is 2.33. The summed E-state index contributed by atoms with van der Waals surface area (Å²) in [5, 5.41) is 7.39. The molecule has 2 aromatic rings. The van der Waals surface area contributed by atoms with Crippen LogP contribution in [-0.2, 0) is 6.18 Å². The summed E-state index contributed by atoms with van der Waals surface area (Å²) in [6.45, 7) is 1.69. The SMILES string of the molecule is Cc1cc(-c2ccccc2C(F)(F)F)cnn1. The van der Waals surface area contributed by atoms with Gasteiger partial charge in [-0.15, -0.1) is 0 Å². The van der Waals surface area contributed by atoms with Crippen LogP contribution in [0.5, 0.6) is 0 Å². The van der Waals surface area contributed by atoms with Crippen molar-refractivity contribution in [2.24, 2.45) is 0 Å². The number of benzene rings is 1. The third-order valence-corrected chi connectivity index (χ3v) is 2.32. The van der Waals surface area contributed by atoms with Crippen molar-refractivity contribution in [3.8, 4) is 11.1 Å². The molecular weight excluding hydrogens is 229 g/mol. The molecule has 0 aliphatic rings. The van der Waals surface area contributed by atoms with E-state index in [1.807, 2.05) is 0 Å². The predicted octanol–water partition coefficient (Wildman–Crippen LogP) is 3.47. The van der Waals surface area contributed by atoms with Crippen LogP contribution < -0.4 is 0 Å². The van der Waals surface area contributed by atoms with E-state index in [0.29, 0.717) is 11.3 Å². The average molecular weight is 238 g/mol. The highest BCUT2D eigenvalue weighted by Crippen LogP contribution is 2.36. The zero-order valence-electron chi connectivity index (χ0n) is 8.99. The Bertz CT molecular complexity index is 535. The maximum atomic E-state index is 12.8. The summed E-state index contributed by atoms with van der Waals surface area (Å²) >= 11 is 0. The molecule has 1 aromatic carbocycles. The Labute approximate surface area is 96.1 Å². The molecular formula is C12H9F3N2. The third-order valence-electron chi connectivity index (χ3n) is 2.32. The molecule has 88 valence electrons. The van der Waals surface area contributed by atoms with E-state index in [0.717, 1.165) is 6.07 Å². The molecule has 0 aliphatic heterocycles. The van der Waals surface area contributed by atoms with E-state index in [9.17, 15) is 13.2 Å². The quantitative estimate of drug-likeness (QED) is 0.760. The normalized spacial score (nSPS) is 11.5. The fourth-order valence-corrected chi connectivity index (χ4v) is 1.60. The van der Waals surface area contributed by atoms with Gasteiger partial charge < -0.3 is 0 Å². The summed E-state index contributed by atoms with van der Waals surface area (Å²) in [6, 6.07) is 7.01. The number of nitrogens with zero attached hydrogens (tertiary/aromatic N) is 2. The maximum absolute atomic E-state index is 12.8. The second-order valence-corrected chi connectivity index (χ2v) is 3.63. The first kappa shape index (κ1) is 11.6. The van der Waals surface area contributed by atoms with Gasteiger partial charge in [-0.25, -0.2) is 0 Å². The Hall–Kier alpha value is -1.91. The summed E-state index contributed by atoms with van der Waals surface area (Å²) in [5.41, 5.74) is 0.468. The van der Waals surface area contributed by atoms with Crippen LogP contribution in [0.3, 0.4) is 0 Å². The number of aryl methyl sites for hydroxylation is 1. The lowest BCUT2D eigenvalue weighted by Gasteiger charge is -2.12. The second kappa shape index (κ2) is 4.16. The standard InChI is InChI=1S/C12H9F3N2/c1-8-6-9(7-16-17-8)10-4-2-3-5-11(10)12(13,14)15/h2-7H,1H3. The Kier molecular flexibility index (Phi) is 2.83. The molecule has 0 bridgehead atoms. The van der Waals surface area contributed by atoms with Gasteiger partial charge in [0.05, 0.1) is 17.5 Å². The van der Waals surface area contributed by atoms with Crippen LogP contribution in [0, 0.1) is 6.92 Å². The number of halogens is 3. The Morgan fingerprint density at radius 1 is 1.12 bits per heavy atom. The van der Waals surface area contributed by atoms with Crippen molar-refractivity contribution in [2.45, 2.75) is 13.1 Å². The van der Waals surface area contributed by atoms with Gasteiger partial charge in [-0.2, -0.15) is 23.4 Å². The van der Waals surface area contributed by atoms with Crippen molar-refractivity contribution in [2.75, 3.05) is 0 Å². The molecule has 1 aromatic heterocycles. The molecule has 0 amide bonds. The smallest absolute Gasteiger partial charge is 0.166 e. The number of hydrogen-bond acceptors (Lipinski definition) is 2. The fraction of sp³-hybridized carbons (Fsp3) is 0.167. The van der Waals surface area contributed by atoms with Gasteiger partial charge in [0, 0.05) is 5.56 Å². The minimum absolute atomic E-state index is 0.123. The Balaban J connectivity index is 2.60. The minimum atomic E-state index is -4.37. The van der Waals surface area contributed by atoms with E-state index >= 15 is 0 Å². The molecule has 0 spiro atoms. The van der Waals surface area contributed by atoms with Crippen LogP contribution >= 0.6 is 0 Å². The summed E-state index contributed by atoms with van der Waals surface area (Å²) in [6.07, 6.45) is -3.04. The first-order valence-corrected chi connectivity index (χ1v) is 4.94. The number of hydrogen-bond donors (Lipinski definition) is 0. The lowest BCUT2D eigenvalue weighted by molar-refractivity contribution is -0.137. The van der Waals surface area contributed by atoms with Gasteiger partial charge in [-0.3, -0.25) is 0 Å². The van der Waals surface area contributed by atoms with Crippen molar-refractivity contribution in [1.29, 1.82) is 0 Å². The van der Waals surface area contributed by atoms with Gasteiger partial charge in [-0.05, 0) is 24.6 Å². The van der Waals surface area contributed by atoms with Crippen LogP contribution in [0.4, 0.5) is 13.2 Å². The van der Waals surface area contributed by atoms with E-state index in [-0.39, 0.29) is 5.56 Å². The molecule has 0 fully saturated rings. The molecule has 0 saturated heterocycles. The number of rotatable bonds is 1. The fourth-order valence-electron chi connectivity index (χ4n) is 1.60. The van der Waals surface area contributed by atoms with E-state index in [1.165, 1.54) is 18.3 Å². The van der Waals surface area contributed by atoms with Gasteiger partial charge in [0.25, 0.3) is 0 Å². The molecule has 1 heterocycles. The van der Waals surface area contributed by atoms with Gasteiger partial charge in [0.15, 0.2) is 0 Å². The molecule has 5 heteroatoms. The van der Waals surface area contributed by atoms with Crippen LogP contribution in [0.1, 0.15) is 11.3 Å². The van der Waals surface area contributed by atoms with Gasteiger partial charge in [-0.1, -0.05) is 18.2 Å². The highest BCUT2D eigenvalue weighted by atomic mass is 19.4. The summed E-state index contributed by atoms with van der Waals surface area (Å²) in [7, 11) is 0. The average Bonchev–Trinajstić information content (AvgIpc) is 2.28. The Morgan fingerprint density at radius 2 is 1.82 bits per heavy atom. The zero-order chi connectivity index (χ0) is 12.5. The first-order valence-electron chi connectivity index (χ1n) is 4.94. The highest BCUT2D eigenvalue weighted by molar-refractivity contribution is 5.67. The lowest BCUT2D eigenvalue weighted by Crippen LogP contribution is -2.07. The molecule has 0 unspecified atom stereocenters. The van der Waals surface area contributed by atoms with Gasteiger partial charge >= 0.3 is 6.18 Å². The van der Waals surface area contributed by atoms with Crippen molar-refractivity contribution >= 4 is 0 Å². The summed E-state index contributed by atoms with van der Waals surface area (Å²) in [5.74, 6) is 0. The van der Waals surface area contributed by atoms with Crippen molar-refractivity contribution in [3.63, 3.8) is 0 Å². The second-order valence-electron chi connectivity index (χ2n) is 3.63. The van der Waals surface area contributed by atoms with Crippen LogP contribution in [0.2, 0.25) is 0 Å². The largest absolute Gasteiger partial charge is 0.417 e. The van der Waals surface area contributed by atoms with Crippen molar-refractivity contribution in [3.05, 3.63) is 47.8 Å². The molecule has 0 aliphatic carbocycles. The number of aromatic nitrogens is 2. The molecule has 0 saturated carbocycles. The first-order chi connectivity index (χ1) is 7.98. The molecule has 17 heavy (non-hydrogen) atoms. The van der Waals surface area contributed by atoms with Gasteiger partial charge in [0.1, 0.15) is 0 Å². The predicted molar refractivity (Wildman–Crippen MR) is 57.2 cm³/mol.